The first kappa shape index (κ1) is 17.2. The van der Waals surface area contributed by atoms with Gasteiger partial charge in [0.05, 0.1) is 4.92 Å². The number of aryl methyl sites for hydroxylation is 1. The Morgan fingerprint density at radius 2 is 2.08 bits per heavy atom. The summed E-state index contributed by atoms with van der Waals surface area (Å²) in [6, 6.07) is 3.48. The Morgan fingerprint density at radius 1 is 1.40 bits per heavy atom. The van der Waals surface area contributed by atoms with Gasteiger partial charge in [0.1, 0.15) is 24.5 Å². The van der Waals surface area contributed by atoms with Crippen molar-refractivity contribution in [3.8, 4) is 11.5 Å². The Kier molecular flexibility index (Phi) is 4.62. The van der Waals surface area contributed by atoms with Gasteiger partial charge in [-0.25, -0.2) is 0 Å². The van der Waals surface area contributed by atoms with Gasteiger partial charge in [-0.15, -0.1) is 0 Å². The molecule has 132 valence electrons. The van der Waals surface area contributed by atoms with E-state index in [1.165, 1.54) is 11.6 Å². The number of rotatable bonds is 5. The molecule has 2 heterocycles. The van der Waals surface area contributed by atoms with Crippen molar-refractivity contribution >= 4 is 27.6 Å². The van der Waals surface area contributed by atoms with E-state index in [9.17, 15) is 14.9 Å². The highest BCUT2D eigenvalue weighted by atomic mass is 79.9. The summed E-state index contributed by atoms with van der Waals surface area (Å²) in [5.41, 5.74) is 1.20. The second-order valence-electron chi connectivity index (χ2n) is 5.39. The van der Waals surface area contributed by atoms with Crippen LogP contribution in [0.4, 0.5) is 5.69 Å². The summed E-state index contributed by atoms with van der Waals surface area (Å²) in [6.45, 7) is 3.04. The van der Waals surface area contributed by atoms with Crippen LogP contribution >= 0.6 is 15.9 Å². The summed E-state index contributed by atoms with van der Waals surface area (Å²) in [5, 5.41) is 15.0. The zero-order valence-corrected chi connectivity index (χ0v) is 15.0. The SMILES string of the molecule is Cc1nn(CC(=O)OCc2cc3c(cc2Br)OCO3)c(C)c1[N+](=O)[O-]. The fourth-order valence-corrected chi connectivity index (χ4v) is 2.94. The van der Waals surface area contributed by atoms with Gasteiger partial charge in [-0.1, -0.05) is 15.9 Å². The van der Waals surface area contributed by atoms with E-state index in [1.54, 1.807) is 19.1 Å². The molecule has 25 heavy (non-hydrogen) atoms. The quantitative estimate of drug-likeness (QED) is 0.422. The molecule has 1 aliphatic rings. The Balaban J connectivity index is 1.66. The van der Waals surface area contributed by atoms with Gasteiger partial charge in [0, 0.05) is 10.0 Å². The molecule has 0 aliphatic carbocycles. The third-order valence-corrected chi connectivity index (χ3v) is 4.47. The lowest BCUT2D eigenvalue weighted by Gasteiger charge is -2.08. The Morgan fingerprint density at radius 3 is 2.72 bits per heavy atom. The highest BCUT2D eigenvalue weighted by Gasteiger charge is 2.23. The van der Waals surface area contributed by atoms with Gasteiger partial charge in [-0.3, -0.25) is 19.6 Å². The molecule has 0 spiro atoms. The van der Waals surface area contributed by atoms with Crippen molar-refractivity contribution in [2.45, 2.75) is 27.0 Å². The van der Waals surface area contributed by atoms with Crippen molar-refractivity contribution in [2.75, 3.05) is 6.79 Å². The van der Waals surface area contributed by atoms with Gasteiger partial charge >= 0.3 is 11.7 Å². The lowest BCUT2D eigenvalue weighted by Crippen LogP contribution is -2.16. The normalized spacial score (nSPS) is 12.3. The summed E-state index contributed by atoms with van der Waals surface area (Å²) in [4.78, 5) is 22.5. The van der Waals surface area contributed by atoms with Crippen LogP contribution < -0.4 is 9.47 Å². The molecule has 0 N–H and O–H groups in total. The molecule has 0 radical (unpaired) electrons. The molecule has 0 saturated carbocycles. The zero-order valence-electron chi connectivity index (χ0n) is 13.4. The third-order valence-electron chi connectivity index (χ3n) is 3.74. The Bertz CT molecular complexity index is 863. The number of hydrogen-bond acceptors (Lipinski definition) is 7. The summed E-state index contributed by atoms with van der Waals surface area (Å²) >= 11 is 3.39. The van der Waals surface area contributed by atoms with Crippen molar-refractivity contribution < 1.29 is 23.9 Å². The van der Waals surface area contributed by atoms with E-state index in [1.807, 2.05) is 0 Å². The van der Waals surface area contributed by atoms with Crippen LogP contribution in [0.5, 0.6) is 11.5 Å². The average Bonchev–Trinajstić information content (AvgIpc) is 3.09. The summed E-state index contributed by atoms with van der Waals surface area (Å²) in [5.74, 6) is 0.658. The van der Waals surface area contributed by atoms with Crippen molar-refractivity contribution in [3.05, 3.63) is 43.7 Å². The first-order valence-electron chi connectivity index (χ1n) is 7.29. The molecule has 9 nitrogen and oxygen atoms in total. The number of halogens is 1. The molecule has 1 aromatic carbocycles. The predicted molar refractivity (Wildman–Crippen MR) is 88.4 cm³/mol. The molecule has 0 atom stereocenters. The van der Waals surface area contributed by atoms with Crippen molar-refractivity contribution in [1.82, 2.24) is 9.78 Å². The standard InChI is InChI=1S/C15H14BrN3O6/c1-8-15(19(21)22)9(2)18(17-8)5-14(20)23-6-10-3-12-13(4-11(10)16)25-7-24-12/h3-4H,5-7H2,1-2H3. The number of hydrogen-bond donors (Lipinski definition) is 0. The number of carbonyl (C=O) groups is 1. The number of carbonyl (C=O) groups excluding carboxylic acids is 1. The highest BCUT2D eigenvalue weighted by molar-refractivity contribution is 9.10. The lowest BCUT2D eigenvalue weighted by atomic mass is 10.2. The van der Waals surface area contributed by atoms with Gasteiger partial charge in [-0.05, 0) is 26.0 Å². The topological polar surface area (TPSA) is 106 Å². The average molecular weight is 412 g/mol. The number of ether oxygens (including phenoxy) is 3. The minimum absolute atomic E-state index is 0.0252. The smallest absolute Gasteiger partial charge is 0.328 e. The molecule has 1 aliphatic heterocycles. The third kappa shape index (κ3) is 3.43. The molecule has 1 aromatic heterocycles. The summed E-state index contributed by atoms with van der Waals surface area (Å²) < 4.78 is 17.8. The van der Waals surface area contributed by atoms with Gasteiger partial charge in [-0.2, -0.15) is 5.10 Å². The van der Waals surface area contributed by atoms with Gasteiger partial charge in [0.2, 0.25) is 6.79 Å². The minimum atomic E-state index is -0.551. The second-order valence-corrected chi connectivity index (χ2v) is 6.25. The van der Waals surface area contributed by atoms with Crippen LogP contribution in [0.25, 0.3) is 0 Å². The summed E-state index contributed by atoms with van der Waals surface area (Å²) in [6.07, 6.45) is 0. The van der Waals surface area contributed by atoms with Crippen LogP contribution in [0.2, 0.25) is 0 Å². The van der Waals surface area contributed by atoms with Crippen LogP contribution in [0.1, 0.15) is 17.0 Å². The van der Waals surface area contributed by atoms with Crippen LogP contribution in [-0.2, 0) is 22.7 Å². The molecule has 0 fully saturated rings. The number of fused-ring (bicyclic) bond motifs is 1. The fourth-order valence-electron chi connectivity index (χ4n) is 2.50. The first-order chi connectivity index (χ1) is 11.9. The van der Waals surface area contributed by atoms with Crippen LogP contribution in [-0.4, -0.2) is 27.5 Å². The summed E-state index contributed by atoms with van der Waals surface area (Å²) in [7, 11) is 0. The number of nitrogens with zero attached hydrogens (tertiary/aromatic N) is 3. The largest absolute Gasteiger partial charge is 0.459 e. The van der Waals surface area contributed by atoms with Crippen molar-refractivity contribution in [2.24, 2.45) is 0 Å². The highest BCUT2D eigenvalue weighted by Crippen LogP contribution is 2.37. The van der Waals surface area contributed by atoms with E-state index < -0.39 is 10.9 Å². The molecular formula is C15H14BrN3O6. The molecule has 0 amide bonds. The van der Waals surface area contributed by atoms with E-state index in [0.29, 0.717) is 17.2 Å². The van der Waals surface area contributed by atoms with Gasteiger partial charge in [0.25, 0.3) is 0 Å². The number of benzene rings is 1. The van der Waals surface area contributed by atoms with Gasteiger partial charge in [0.15, 0.2) is 11.5 Å². The molecule has 0 unspecified atom stereocenters. The maximum Gasteiger partial charge on any atom is 0.328 e. The van der Waals surface area contributed by atoms with Crippen LogP contribution in [0.15, 0.2) is 16.6 Å². The van der Waals surface area contributed by atoms with Crippen molar-refractivity contribution in [3.63, 3.8) is 0 Å². The van der Waals surface area contributed by atoms with E-state index in [4.69, 9.17) is 14.2 Å². The molecule has 2 aromatic rings. The maximum atomic E-state index is 12.0. The monoisotopic (exact) mass is 411 g/mol. The number of esters is 1. The van der Waals surface area contributed by atoms with E-state index in [2.05, 4.69) is 21.0 Å². The Hall–Kier alpha value is -2.62. The van der Waals surface area contributed by atoms with E-state index >= 15 is 0 Å². The van der Waals surface area contributed by atoms with Crippen molar-refractivity contribution in [1.29, 1.82) is 0 Å². The van der Waals surface area contributed by atoms with Crippen LogP contribution in [0, 0.1) is 24.0 Å². The number of aromatic nitrogens is 2. The first-order valence-corrected chi connectivity index (χ1v) is 8.08. The fraction of sp³-hybridized carbons (Fsp3) is 0.333. The molecular weight excluding hydrogens is 398 g/mol. The maximum absolute atomic E-state index is 12.0. The molecule has 3 rings (SSSR count). The van der Waals surface area contributed by atoms with E-state index in [-0.39, 0.29) is 31.3 Å². The predicted octanol–water partition coefficient (Wildman–Crippen LogP) is 2.64. The van der Waals surface area contributed by atoms with E-state index in [0.717, 1.165) is 10.0 Å². The second kappa shape index (κ2) is 6.71. The molecule has 0 bridgehead atoms. The Labute approximate surface area is 150 Å². The molecule has 0 saturated heterocycles. The zero-order chi connectivity index (χ0) is 18.1. The lowest BCUT2D eigenvalue weighted by molar-refractivity contribution is -0.386. The minimum Gasteiger partial charge on any atom is -0.459 e. The number of nitro groups is 1. The molecule has 10 heteroatoms. The van der Waals surface area contributed by atoms with Gasteiger partial charge < -0.3 is 14.2 Å². The van der Waals surface area contributed by atoms with Crippen LogP contribution in [0.3, 0.4) is 0 Å².